The van der Waals surface area contributed by atoms with Crippen LogP contribution in [-0.4, -0.2) is 45.5 Å². The molecular weight excluding hydrogens is 290 g/mol. The first kappa shape index (κ1) is 12.6. The lowest BCUT2D eigenvalue weighted by atomic mass is 10.1. The molecule has 1 aliphatic heterocycles. The van der Waals surface area contributed by atoms with Crippen LogP contribution >= 0.6 is 11.6 Å². The van der Waals surface area contributed by atoms with Gasteiger partial charge in [-0.2, -0.15) is 19.6 Å². The third-order valence-corrected chi connectivity index (χ3v) is 5.04. The van der Waals surface area contributed by atoms with E-state index in [0.717, 1.165) is 0 Å². The van der Waals surface area contributed by atoms with Gasteiger partial charge < -0.3 is 5.32 Å². The highest BCUT2D eigenvalue weighted by molar-refractivity contribution is 7.91. The number of anilines is 1. The zero-order valence-corrected chi connectivity index (χ0v) is 11.5. The minimum atomic E-state index is -2.86. The number of rotatable bonds is 2. The predicted molar refractivity (Wildman–Crippen MR) is 71.1 cm³/mol. The van der Waals surface area contributed by atoms with Crippen LogP contribution in [0.3, 0.4) is 0 Å². The summed E-state index contributed by atoms with van der Waals surface area (Å²) < 4.78 is 24.3. The second-order valence-corrected chi connectivity index (χ2v) is 7.20. The van der Waals surface area contributed by atoms with Crippen LogP contribution in [0.2, 0.25) is 5.15 Å². The fraction of sp³-hybridized carbons (Fsp3) is 0.500. The van der Waals surface area contributed by atoms with Crippen LogP contribution in [0.15, 0.2) is 12.4 Å². The second kappa shape index (κ2) is 4.61. The highest BCUT2D eigenvalue weighted by Gasteiger charge is 2.24. The minimum Gasteiger partial charge on any atom is -0.367 e. The third-order valence-electron chi connectivity index (χ3n) is 3.13. The van der Waals surface area contributed by atoms with E-state index in [-0.39, 0.29) is 17.5 Å². The van der Waals surface area contributed by atoms with Crippen molar-refractivity contribution < 1.29 is 8.42 Å². The standard InChI is InChI=1S/C10H12ClN5O2S/c11-8-5-9(16-10(15-8)12-6-13-16)14-7-1-3-19(17,18)4-2-7/h5-7,14H,1-4H2. The molecule has 7 nitrogen and oxygen atoms in total. The van der Waals surface area contributed by atoms with Gasteiger partial charge in [0.05, 0.1) is 11.5 Å². The van der Waals surface area contributed by atoms with Gasteiger partial charge in [-0.15, -0.1) is 0 Å². The lowest BCUT2D eigenvalue weighted by Gasteiger charge is -2.24. The van der Waals surface area contributed by atoms with E-state index in [2.05, 4.69) is 20.4 Å². The van der Waals surface area contributed by atoms with Gasteiger partial charge in [-0.3, -0.25) is 0 Å². The molecule has 1 N–H and O–H groups in total. The first-order chi connectivity index (χ1) is 9.03. The van der Waals surface area contributed by atoms with Crippen molar-refractivity contribution in [2.24, 2.45) is 0 Å². The van der Waals surface area contributed by atoms with Gasteiger partial charge in [-0.05, 0) is 12.8 Å². The van der Waals surface area contributed by atoms with Gasteiger partial charge in [-0.25, -0.2) is 8.42 Å². The number of nitrogens with one attached hydrogen (secondary N) is 1. The maximum Gasteiger partial charge on any atom is 0.255 e. The van der Waals surface area contributed by atoms with Gasteiger partial charge in [0.1, 0.15) is 27.1 Å². The molecule has 1 aliphatic rings. The monoisotopic (exact) mass is 301 g/mol. The van der Waals surface area contributed by atoms with E-state index in [0.29, 0.717) is 29.6 Å². The maximum atomic E-state index is 11.4. The van der Waals surface area contributed by atoms with Crippen molar-refractivity contribution in [2.45, 2.75) is 18.9 Å². The topological polar surface area (TPSA) is 89.2 Å². The Labute approximate surface area is 114 Å². The number of halogens is 1. The van der Waals surface area contributed by atoms with Gasteiger partial charge in [0.15, 0.2) is 0 Å². The molecule has 9 heteroatoms. The summed E-state index contributed by atoms with van der Waals surface area (Å²) in [7, 11) is -2.86. The molecular formula is C10H12ClN5O2S. The fourth-order valence-electron chi connectivity index (χ4n) is 2.13. The average molecular weight is 302 g/mol. The van der Waals surface area contributed by atoms with Gasteiger partial charge >= 0.3 is 0 Å². The number of aromatic nitrogens is 4. The molecule has 0 atom stereocenters. The summed E-state index contributed by atoms with van der Waals surface area (Å²) in [6.07, 6.45) is 2.56. The molecule has 2 aromatic heterocycles. The summed E-state index contributed by atoms with van der Waals surface area (Å²) in [5.41, 5.74) is 0. The summed E-state index contributed by atoms with van der Waals surface area (Å²) in [5.74, 6) is 1.52. The zero-order chi connectivity index (χ0) is 13.5. The van der Waals surface area contributed by atoms with Crippen LogP contribution in [0.25, 0.3) is 5.78 Å². The summed E-state index contributed by atoms with van der Waals surface area (Å²) >= 11 is 5.92. The number of fused-ring (bicyclic) bond motifs is 1. The van der Waals surface area contributed by atoms with Crippen LogP contribution in [0.5, 0.6) is 0 Å². The number of sulfone groups is 1. The average Bonchev–Trinajstić information content (AvgIpc) is 2.80. The molecule has 2 aromatic rings. The molecule has 0 amide bonds. The fourth-order valence-corrected chi connectivity index (χ4v) is 3.80. The van der Waals surface area contributed by atoms with Crippen molar-refractivity contribution in [3.8, 4) is 0 Å². The van der Waals surface area contributed by atoms with E-state index in [9.17, 15) is 8.42 Å². The first-order valence-electron chi connectivity index (χ1n) is 5.87. The smallest absolute Gasteiger partial charge is 0.255 e. The van der Waals surface area contributed by atoms with E-state index in [1.54, 1.807) is 10.6 Å². The summed E-state index contributed by atoms with van der Waals surface area (Å²) in [6, 6.07) is 1.75. The van der Waals surface area contributed by atoms with Gasteiger partial charge in [0, 0.05) is 12.1 Å². The van der Waals surface area contributed by atoms with Crippen LogP contribution in [0.4, 0.5) is 5.82 Å². The Morgan fingerprint density at radius 2 is 2.11 bits per heavy atom. The zero-order valence-electron chi connectivity index (χ0n) is 9.95. The molecule has 19 heavy (non-hydrogen) atoms. The second-order valence-electron chi connectivity index (χ2n) is 4.51. The van der Waals surface area contributed by atoms with E-state index in [1.807, 2.05) is 0 Å². The SMILES string of the molecule is O=S1(=O)CCC(Nc2cc(Cl)nc3ncnn23)CC1. The Balaban J connectivity index is 1.84. The largest absolute Gasteiger partial charge is 0.367 e. The predicted octanol–water partition coefficient (Wildman–Crippen LogP) is 0.767. The molecule has 0 unspecified atom stereocenters. The van der Waals surface area contributed by atoms with E-state index < -0.39 is 9.84 Å². The Kier molecular flexibility index (Phi) is 3.06. The van der Waals surface area contributed by atoms with Crippen LogP contribution < -0.4 is 5.32 Å². The lowest BCUT2D eigenvalue weighted by Crippen LogP contribution is -2.32. The third kappa shape index (κ3) is 2.64. The van der Waals surface area contributed by atoms with Crippen molar-refractivity contribution in [3.63, 3.8) is 0 Å². The molecule has 3 heterocycles. The van der Waals surface area contributed by atoms with Crippen molar-refractivity contribution >= 4 is 33.0 Å². The molecule has 1 saturated heterocycles. The van der Waals surface area contributed by atoms with Crippen molar-refractivity contribution in [3.05, 3.63) is 17.5 Å². The summed E-state index contributed by atoms with van der Waals surface area (Å²) in [4.78, 5) is 8.01. The lowest BCUT2D eigenvalue weighted by molar-refractivity contribution is 0.558. The summed E-state index contributed by atoms with van der Waals surface area (Å²) in [6.45, 7) is 0. The molecule has 0 radical (unpaired) electrons. The molecule has 3 rings (SSSR count). The van der Waals surface area contributed by atoms with E-state index in [4.69, 9.17) is 11.6 Å². The molecule has 0 saturated carbocycles. The molecule has 102 valence electrons. The maximum absolute atomic E-state index is 11.4. The van der Waals surface area contributed by atoms with Crippen molar-refractivity contribution in [2.75, 3.05) is 16.8 Å². The van der Waals surface area contributed by atoms with E-state index in [1.165, 1.54) is 6.33 Å². The Bertz CT molecular complexity index is 700. The molecule has 1 fully saturated rings. The molecule has 0 bridgehead atoms. The van der Waals surface area contributed by atoms with Gasteiger partial charge in [0.2, 0.25) is 0 Å². The summed E-state index contributed by atoms with van der Waals surface area (Å²) in [5, 5.41) is 7.64. The van der Waals surface area contributed by atoms with Gasteiger partial charge in [0.25, 0.3) is 5.78 Å². The molecule has 0 spiro atoms. The minimum absolute atomic E-state index is 0.0920. The highest BCUT2D eigenvalue weighted by atomic mass is 35.5. The Hall–Kier alpha value is -1.41. The number of hydrogen-bond donors (Lipinski definition) is 1. The van der Waals surface area contributed by atoms with Crippen molar-refractivity contribution in [1.29, 1.82) is 0 Å². The van der Waals surface area contributed by atoms with Crippen LogP contribution in [-0.2, 0) is 9.84 Å². The van der Waals surface area contributed by atoms with Gasteiger partial charge in [-0.1, -0.05) is 11.6 Å². The van der Waals surface area contributed by atoms with Crippen molar-refractivity contribution in [1.82, 2.24) is 19.6 Å². The van der Waals surface area contributed by atoms with Crippen LogP contribution in [0.1, 0.15) is 12.8 Å². The number of hydrogen-bond acceptors (Lipinski definition) is 6. The van der Waals surface area contributed by atoms with E-state index >= 15 is 0 Å². The quantitative estimate of drug-likeness (QED) is 0.824. The molecule has 0 aromatic carbocycles. The first-order valence-corrected chi connectivity index (χ1v) is 8.07. The van der Waals surface area contributed by atoms with Crippen LogP contribution in [0, 0.1) is 0 Å². The number of nitrogens with zero attached hydrogens (tertiary/aromatic N) is 4. The Morgan fingerprint density at radius 1 is 1.37 bits per heavy atom. The highest BCUT2D eigenvalue weighted by Crippen LogP contribution is 2.20. The molecule has 0 aliphatic carbocycles. The normalized spacial score (nSPS) is 19.6. The Morgan fingerprint density at radius 3 is 2.84 bits per heavy atom.